The van der Waals surface area contributed by atoms with E-state index in [9.17, 15) is 13.6 Å². The van der Waals surface area contributed by atoms with Crippen molar-refractivity contribution < 1.29 is 13.6 Å². The third-order valence-electron chi connectivity index (χ3n) is 3.79. The van der Waals surface area contributed by atoms with Crippen LogP contribution in [0.25, 0.3) is 0 Å². The van der Waals surface area contributed by atoms with Crippen molar-refractivity contribution in [1.82, 2.24) is 9.88 Å². The molecule has 22 heavy (non-hydrogen) atoms. The lowest BCUT2D eigenvalue weighted by Crippen LogP contribution is -2.24. The van der Waals surface area contributed by atoms with E-state index in [-0.39, 0.29) is 18.2 Å². The van der Waals surface area contributed by atoms with E-state index in [0.717, 1.165) is 16.1 Å². The van der Waals surface area contributed by atoms with Crippen LogP contribution in [-0.2, 0) is 11.3 Å². The van der Waals surface area contributed by atoms with Crippen LogP contribution >= 0.6 is 15.9 Å². The maximum atomic E-state index is 13.3. The molecule has 1 aromatic carbocycles. The Morgan fingerprint density at radius 2 is 2.00 bits per heavy atom. The van der Waals surface area contributed by atoms with E-state index in [2.05, 4.69) is 20.9 Å². The van der Waals surface area contributed by atoms with Gasteiger partial charge in [0.1, 0.15) is 11.6 Å². The summed E-state index contributed by atoms with van der Waals surface area (Å²) in [5.74, 6) is -1.42. The number of hydrogen-bond donors (Lipinski definition) is 0. The fourth-order valence-corrected chi connectivity index (χ4v) is 3.07. The monoisotopic (exact) mass is 366 g/mol. The van der Waals surface area contributed by atoms with Crippen molar-refractivity contribution in [2.45, 2.75) is 18.9 Å². The molecule has 1 aliphatic heterocycles. The van der Waals surface area contributed by atoms with Crippen LogP contribution < -0.4 is 0 Å². The topological polar surface area (TPSA) is 33.2 Å². The molecule has 0 spiro atoms. The Kier molecular flexibility index (Phi) is 4.20. The van der Waals surface area contributed by atoms with Gasteiger partial charge in [-0.1, -0.05) is 0 Å². The van der Waals surface area contributed by atoms with Crippen LogP contribution in [-0.4, -0.2) is 22.3 Å². The standard InChI is InChI=1S/C16H13BrF2N2O/c17-15-7-20-2-1-10(15)8-21-9-12(5-16(21)22)11-3-13(18)6-14(19)4-11/h1-4,6-7,12H,5,8-9H2. The minimum atomic E-state index is -0.613. The highest BCUT2D eigenvalue weighted by Crippen LogP contribution is 2.31. The predicted octanol–water partition coefficient (Wildman–Crippen LogP) is 3.64. The lowest BCUT2D eigenvalue weighted by atomic mass is 9.98. The number of halogens is 3. The zero-order chi connectivity index (χ0) is 15.7. The van der Waals surface area contributed by atoms with Gasteiger partial charge in [0.15, 0.2) is 0 Å². The summed E-state index contributed by atoms with van der Waals surface area (Å²) in [4.78, 5) is 17.8. The quantitative estimate of drug-likeness (QED) is 0.830. The normalized spacial score (nSPS) is 18.0. The lowest BCUT2D eigenvalue weighted by molar-refractivity contribution is -0.128. The SMILES string of the molecule is O=C1CC(c2cc(F)cc(F)c2)CN1Cc1ccncc1Br. The Bertz CT molecular complexity index is 703. The van der Waals surface area contributed by atoms with Gasteiger partial charge in [0.2, 0.25) is 5.91 Å². The van der Waals surface area contributed by atoms with E-state index in [1.807, 2.05) is 6.07 Å². The fourth-order valence-electron chi connectivity index (χ4n) is 2.70. The first-order valence-corrected chi connectivity index (χ1v) is 7.64. The number of benzene rings is 1. The first-order valence-electron chi connectivity index (χ1n) is 6.85. The predicted molar refractivity (Wildman–Crippen MR) is 81.1 cm³/mol. The van der Waals surface area contributed by atoms with Gasteiger partial charge >= 0.3 is 0 Å². The molecule has 1 unspecified atom stereocenters. The summed E-state index contributed by atoms with van der Waals surface area (Å²) >= 11 is 3.40. The molecule has 1 aliphatic rings. The molecule has 1 amide bonds. The molecule has 2 aromatic rings. The molecule has 114 valence electrons. The van der Waals surface area contributed by atoms with Gasteiger partial charge in [0.05, 0.1) is 0 Å². The number of aromatic nitrogens is 1. The van der Waals surface area contributed by atoms with E-state index in [1.54, 1.807) is 17.3 Å². The number of hydrogen-bond acceptors (Lipinski definition) is 2. The third kappa shape index (κ3) is 3.16. The summed E-state index contributed by atoms with van der Waals surface area (Å²) in [6.45, 7) is 0.909. The van der Waals surface area contributed by atoms with Crippen LogP contribution in [0.2, 0.25) is 0 Å². The number of likely N-dealkylation sites (tertiary alicyclic amines) is 1. The van der Waals surface area contributed by atoms with E-state index in [1.165, 1.54) is 12.1 Å². The van der Waals surface area contributed by atoms with Crippen molar-refractivity contribution >= 4 is 21.8 Å². The van der Waals surface area contributed by atoms with Crippen LogP contribution in [0.5, 0.6) is 0 Å². The molecule has 0 aliphatic carbocycles. The summed E-state index contributed by atoms with van der Waals surface area (Å²) in [5, 5.41) is 0. The minimum Gasteiger partial charge on any atom is -0.338 e. The Hall–Kier alpha value is -1.82. The van der Waals surface area contributed by atoms with Crippen molar-refractivity contribution in [3.05, 3.63) is 63.9 Å². The third-order valence-corrected chi connectivity index (χ3v) is 4.50. The van der Waals surface area contributed by atoms with Gasteiger partial charge in [-0.05, 0) is 45.3 Å². The summed E-state index contributed by atoms with van der Waals surface area (Å²) in [5.41, 5.74) is 1.48. The van der Waals surface area contributed by atoms with E-state index in [0.29, 0.717) is 18.7 Å². The number of amides is 1. The molecule has 1 aromatic heterocycles. The average Bonchev–Trinajstić information content (AvgIpc) is 2.82. The summed E-state index contributed by atoms with van der Waals surface area (Å²) < 4.78 is 27.5. The minimum absolute atomic E-state index is 0.0154. The number of carbonyl (C=O) groups is 1. The second-order valence-electron chi connectivity index (χ2n) is 5.35. The van der Waals surface area contributed by atoms with Gasteiger partial charge in [-0.3, -0.25) is 9.78 Å². The molecule has 2 heterocycles. The smallest absolute Gasteiger partial charge is 0.223 e. The van der Waals surface area contributed by atoms with E-state index >= 15 is 0 Å². The van der Waals surface area contributed by atoms with E-state index < -0.39 is 11.6 Å². The molecule has 1 saturated heterocycles. The molecule has 3 nitrogen and oxygen atoms in total. The molecule has 1 fully saturated rings. The highest BCUT2D eigenvalue weighted by Gasteiger charge is 2.31. The Morgan fingerprint density at radius 1 is 1.27 bits per heavy atom. The van der Waals surface area contributed by atoms with E-state index in [4.69, 9.17) is 0 Å². The van der Waals surface area contributed by atoms with Gasteiger partial charge in [0.25, 0.3) is 0 Å². The Balaban J connectivity index is 1.77. The number of rotatable bonds is 3. The summed E-state index contributed by atoms with van der Waals surface area (Å²) in [7, 11) is 0. The van der Waals surface area contributed by atoms with Gasteiger partial charge in [-0.25, -0.2) is 8.78 Å². The Morgan fingerprint density at radius 3 is 2.68 bits per heavy atom. The first kappa shape index (κ1) is 15.1. The van der Waals surface area contributed by atoms with Gasteiger partial charge in [0, 0.05) is 48.4 Å². The van der Waals surface area contributed by atoms with Gasteiger partial charge in [-0.15, -0.1) is 0 Å². The zero-order valence-corrected chi connectivity index (χ0v) is 13.2. The maximum absolute atomic E-state index is 13.3. The van der Waals surface area contributed by atoms with Crippen LogP contribution in [0.1, 0.15) is 23.5 Å². The molecule has 0 saturated carbocycles. The summed E-state index contributed by atoms with van der Waals surface area (Å²) in [6, 6.07) is 5.28. The second kappa shape index (κ2) is 6.12. The van der Waals surface area contributed by atoms with Gasteiger partial charge < -0.3 is 4.90 Å². The fraction of sp³-hybridized carbons (Fsp3) is 0.250. The van der Waals surface area contributed by atoms with Gasteiger partial charge in [-0.2, -0.15) is 0 Å². The number of pyridine rings is 1. The van der Waals surface area contributed by atoms with Crippen molar-refractivity contribution in [2.24, 2.45) is 0 Å². The molecular formula is C16H13BrF2N2O. The van der Waals surface area contributed by atoms with Crippen LogP contribution in [0.15, 0.2) is 41.1 Å². The van der Waals surface area contributed by atoms with Crippen molar-refractivity contribution in [2.75, 3.05) is 6.54 Å². The molecule has 0 bridgehead atoms. The second-order valence-corrected chi connectivity index (χ2v) is 6.20. The number of carbonyl (C=O) groups excluding carboxylic acids is 1. The van der Waals surface area contributed by atoms with Crippen molar-refractivity contribution in [3.63, 3.8) is 0 Å². The largest absolute Gasteiger partial charge is 0.338 e. The van der Waals surface area contributed by atoms with Crippen LogP contribution in [0.3, 0.4) is 0 Å². The highest BCUT2D eigenvalue weighted by atomic mass is 79.9. The number of nitrogens with zero attached hydrogens (tertiary/aromatic N) is 2. The lowest BCUT2D eigenvalue weighted by Gasteiger charge is -2.17. The maximum Gasteiger partial charge on any atom is 0.223 e. The zero-order valence-electron chi connectivity index (χ0n) is 11.6. The molecule has 6 heteroatoms. The van der Waals surface area contributed by atoms with Crippen LogP contribution in [0, 0.1) is 11.6 Å². The summed E-state index contributed by atoms with van der Waals surface area (Å²) in [6.07, 6.45) is 3.61. The molecule has 0 radical (unpaired) electrons. The average molecular weight is 367 g/mol. The highest BCUT2D eigenvalue weighted by molar-refractivity contribution is 9.10. The van der Waals surface area contributed by atoms with Crippen molar-refractivity contribution in [1.29, 1.82) is 0 Å². The molecular weight excluding hydrogens is 354 g/mol. The molecule has 1 atom stereocenters. The molecule has 3 rings (SSSR count). The van der Waals surface area contributed by atoms with Crippen LogP contribution in [0.4, 0.5) is 8.78 Å². The Labute approximate surface area is 135 Å². The van der Waals surface area contributed by atoms with Crippen molar-refractivity contribution in [3.8, 4) is 0 Å². The molecule has 0 N–H and O–H groups in total. The first-order chi connectivity index (χ1) is 10.5.